The smallest absolute Gasteiger partial charge is 0.410 e. The van der Waals surface area contributed by atoms with Gasteiger partial charge in [-0.25, -0.2) is 4.79 Å². The van der Waals surface area contributed by atoms with Crippen molar-refractivity contribution >= 4 is 28.7 Å². The number of hydrogen-bond donors (Lipinski definition) is 0. The van der Waals surface area contributed by atoms with Crippen LogP contribution in [0, 0.1) is 16.4 Å². The molecule has 122 valence electrons. The Morgan fingerprint density at radius 1 is 1.41 bits per heavy atom. The molecule has 0 unspecified atom stereocenters. The van der Waals surface area contributed by atoms with Crippen LogP contribution in [0.1, 0.15) is 32.8 Å². The van der Waals surface area contributed by atoms with Crippen molar-refractivity contribution in [3.63, 3.8) is 0 Å². The SMILES string of the molecule is Cc1cc(I)ccc1OC[C@@H]1CCN(C(=O)OC(C)(C)C)C1. The maximum atomic E-state index is 12.0. The molecular formula is C17H24INO3. The summed E-state index contributed by atoms with van der Waals surface area (Å²) in [6.45, 7) is 9.82. The number of carbonyl (C=O) groups is 1. The number of ether oxygens (including phenoxy) is 2. The Kier molecular flexibility index (Phi) is 5.58. The second-order valence-corrected chi connectivity index (χ2v) is 8.05. The van der Waals surface area contributed by atoms with Crippen molar-refractivity contribution in [1.29, 1.82) is 0 Å². The maximum absolute atomic E-state index is 12.0. The van der Waals surface area contributed by atoms with Crippen molar-refractivity contribution in [3.8, 4) is 5.75 Å². The van der Waals surface area contributed by atoms with Crippen LogP contribution in [0.2, 0.25) is 0 Å². The van der Waals surface area contributed by atoms with Crippen LogP contribution >= 0.6 is 22.6 Å². The van der Waals surface area contributed by atoms with Gasteiger partial charge >= 0.3 is 6.09 Å². The van der Waals surface area contributed by atoms with Crippen molar-refractivity contribution in [3.05, 3.63) is 27.3 Å². The zero-order valence-electron chi connectivity index (χ0n) is 13.7. The van der Waals surface area contributed by atoms with E-state index in [0.717, 1.165) is 24.3 Å². The number of aryl methyl sites for hydroxylation is 1. The zero-order valence-corrected chi connectivity index (χ0v) is 15.8. The third-order valence-corrected chi connectivity index (χ3v) is 4.22. The molecule has 5 heteroatoms. The fourth-order valence-corrected chi connectivity index (χ4v) is 3.09. The fourth-order valence-electron chi connectivity index (χ4n) is 2.44. The first-order valence-corrected chi connectivity index (χ1v) is 8.69. The molecule has 2 rings (SSSR count). The van der Waals surface area contributed by atoms with Gasteiger partial charge in [0, 0.05) is 22.6 Å². The van der Waals surface area contributed by atoms with E-state index in [9.17, 15) is 4.79 Å². The summed E-state index contributed by atoms with van der Waals surface area (Å²) < 4.78 is 12.5. The van der Waals surface area contributed by atoms with Gasteiger partial charge in [0.1, 0.15) is 11.4 Å². The summed E-state index contributed by atoms with van der Waals surface area (Å²) in [5, 5.41) is 0. The molecule has 0 radical (unpaired) electrons. The summed E-state index contributed by atoms with van der Waals surface area (Å²) in [4.78, 5) is 13.8. The first-order chi connectivity index (χ1) is 10.2. The molecule has 1 heterocycles. The molecule has 22 heavy (non-hydrogen) atoms. The van der Waals surface area contributed by atoms with Gasteiger partial charge in [-0.15, -0.1) is 0 Å². The number of rotatable bonds is 3. The van der Waals surface area contributed by atoms with E-state index in [-0.39, 0.29) is 6.09 Å². The number of likely N-dealkylation sites (tertiary alicyclic amines) is 1. The van der Waals surface area contributed by atoms with Gasteiger partial charge in [-0.05, 0) is 80.5 Å². The first kappa shape index (κ1) is 17.4. The Morgan fingerprint density at radius 3 is 2.77 bits per heavy atom. The molecule has 0 aromatic heterocycles. The molecule has 1 aliphatic rings. The summed E-state index contributed by atoms with van der Waals surface area (Å²) in [5.41, 5.74) is 0.707. The van der Waals surface area contributed by atoms with Gasteiger partial charge in [-0.2, -0.15) is 0 Å². The summed E-state index contributed by atoms with van der Waals surface area (Å²) in [6.07, 6.45) is 0.739. The van der Waals surface area contributed by atoms with Crippen molar-refractivity contribution in [2.75, 3.05) is 19.7 Å². The van der Waals surface area contributed by atoms with Crippen molar-refractivity contribution < 1.29 is 14.3 Å². The largest absolute Gasteiger partial charge is 0.493 e. The third-order valence-electron chi connectivity index (χ3n) is 3.55. The number of halogens is 1. The highest BCUT2D eigenvalue weighted by Crippen LogP contribution is 2.24. The normalized spacial score (nSPS) is 18.4. The summed E-state index contributed by atoms with van der Waals surface area (Å²) in [7, 11) is 0. The molecule has 1 fully saturated rings. The van der Waals surface area contributed by atoms with E-state index in [2.05, 4.69) is 35.6 Å². The van der Waals surface area contributed by atoms with Crippen LogP contribution in [0.4, 0.5) is 4.79 Å². The quantitative estimate of drug-likeness (QED) is 0.691. The van der Waals surface area contributed by atoms with Gasteiger partial charge < -0.3 is 14.4 Å². The molecule has 1 aliphatic heterocycles. The summed E-state index contributed by atoms with van der Waals surface area (Å²) >= 11 is 2.30. The van der Waals surface area contributed by atoms with Gasteiger partial charge in [-0.1, -0.05) is 0 Å². The Bertz CT molecular complexity index is 539. The topological polar surface area (TPSA) is 38.8 Å². The summed E-state index contributed by atoms with van der Waals surface area (Å²) in [5.74, 6) is 1.29. The molecule has 1 aromatic carbocycles. The van der Waals surface area contributed by atoms with Crippen LogP contribution in [0.5, 0.6) is 5.75 Å². The lowest BCUT2D eigenvalue weighted by Gasteiger charge is -2.24. The minimum absolute atomic E-state index is 0.222. The second-order valence-electron chi connectivity index (χ2n) is 6.80. The number of nitrogens with zero attached hydrogens (tertiary/aromatic N) is 1. The second kappa shape index (κ2) is 7.06. The molecule has 1 amide bonds. The highest BCUT2D eigenvalue weighted by Gasteiger charge is 2.30. The van der Waals surface area contributed by atoms with Crippen LogP contribution in [-0.2, 0) is 4.74 Å². The lowest BCUT2D eigenvalue weighted by atomic mass is 10.1. The Hall–Kier alpha value is -0.980. The van der Waals surface area contributed by atoms with Crippen molar-refractivity contribution in [1.82, 2.24) is 4.90 Å². The van der Waals surface area contributed by atoms with E-state index < -0.39 is 5.60 Å². The zero-order chi connectivity index (χ0) is 16.3. The maximum Gasteiger partial charge on any atom is 0.410 e. The van der Waals surface area contributed by atoms with Crippen LogP contribution < -0.4 is 4.74 Å². The predicted octanol–water partition coefficient (Wildman–Crippen LogP) is 4.24. The third kappa shape index (κ3) is 5.04. The molecule has 4 nitrogen and oxygen atoms in total. The van der Waals surface area contributed by atoms with Gasteiger partial charge in [-0.3, -0.25) is 0 Å². The molecular weight excluding hydrogens is 393 g/mol. The van der Waals surface area contributed by atoms with E-state index in [0.29, 0.717) is 19.1 Å². The molecule has 1 atom stereocenters. The van der Waals surface area contributed by atoms with Gasteiger partial charge in [0.25, 0.3) is 0 Å². The molecule has 0 N–H and O–H groups in total. The number of hydrogen-bond acceptors (Lipinski definition) is 3. The van der Waals surface area contributed by atoms with Gasteiger partial charge in [0.05, 0.1) is 6.61 Å². The van der Waals surface area contributed by atoms with E-state index in [1.165, 1.54) is 3.57 Å². The highest BCUT2D eigenvalue weighted by molar-refractivity contribution is 14.1. The molecule has 0 spiro atoms. The fraction of sp³-hybridized carbons (Fsp3) is 0.588. The van der Waals surface area contributed by atoms with Crippen LogP contribution in [-0.4, -0.2) is 36.3 Å². The average Bonchev–Trinajstić information content (AvgIpc) is 2.84. The Morgan fingerprint density at radius 2 is 2.14 bits per heavy atom. The van der Waals surface area contributed by atoms with Gasteiger partial charge in [0.2, 0.25) is 0 Å². The lowest BCUT2D eigenvalue weighted by Crippen LogP contribution is -2.35. The van der Waals surface area contributed by atoms with Crippen LogP contribution in [0.25, 0.3) is 0 Å². The molecule has 0 bridgehead atoms. The minimum atomic E-state index is -0.441. The highest BCUT2D eigenvalue weighted by atomic mass is 127. The van der Waals surface area contributed by atoms with E-state index >= 15 is 0 Å². The van der Waals surface area contributed by atoms with Gasteiger partial charge in [0.15, 0.2) is 0 Å². The number of amides is 1. The molecule has 1 aromatic rings. The lowest BCUT2D eigenvalue weighted by molar-refractivity contribution is 0.0285. The van der Waals surface area contributed by atoms with Crippen molar-refractivity contribution in [2.24, 2.45) is 5.92 Å². The standard InChI is InChI=1S/C17H24INO3/c1-12-9-14(18)5-6-15(12)21-11-13-7-8-19(10-13)16(20)22-17(2,3)4/h5-6,9,13H,7-8,10-11H2,1-4H3/t13-/m1/s1. The molecule has 0 saturated carbocycles. The van der Waals surface area contributed by atoms with E-state index in [1.54, 1.807) is 4.90 Å². The predicted molar refractivity (Wildman–Crippen MR) is 95.3 cm³/mol. The number of benzene rings is 1. The van der Waals surface area contributed by atoms with Crippen LogP contribution in [0.15, 0.2) is 18.2 Å². The average molecular weight is 417 g/mol. The Labute approximate surface area is 146 Å². The van der Waals surface area contributed by atoms with E-state index in [4.69, 9.17) is 9.47 Å². The molecule has 0 aliphatic carbocycles. The van der Waals surface area contributed by atoms with Crippen molar-refractivity contribution in [2.45, 2.75) is 39.7 Å². The number of carbonyl (C=O) groups excluding carboxylic acids is 1. The summed E-state index contributed by atoms with van der Waals surface area (Å²) in [6, 6.07) is 6.17. The van der Waals surface area contributed by atoms with Crippen LogP contribution in [0.3, 0.4) is 0 Å². The minimum Gasteiger partial charge on any atom is -0.493 e. The molecule has 1 saturated heterocycles. The first-order valence-electron chi connectivity index (χ1n) is 7.61. The Balaban J connectivity index is 1.82. The van der Waals surface area contributed by atoms with E-state index in [1.807, 2.05) is 32.9 Å². The monoisotopic (exact) mass is 417 g/mol.